The SMILES string of the molecule is Cc1cc(C)nc(-n2nc(C)c(CC(=O)NCCCN3CCNCC3)c2C)n1. The molecule has 0 saturated carbocycles. The number of hydrogen-bond donors (Lipinski definition) is 2. The van der Waals surface area contributed by atoms with Crippen molar-refractivity contribution in [3.05, 3.63) is 34.4 Å². The minimum absolute atomic E-state index is 0.0346. The zero-order chi connectivity index (χ0) is 20.1. The molecule has 1 saturated heterocycles. The van der Waals surface area contributed by atoms with Crippen LogP contribution in [0.2, 0.25) is 0 Å². The lowest BCUT2D eigenvalue weighted by atomic mass is 10.1. The highest BCUT2D eigenvalue weighted by Crippen LogP contribution is 2.17. The molecule has 8 nitrogen and oxygen atoms in total. The number of piperazine rings is 1. The van der Waals surface area contributed by atoms with Gasteiger partial charge in [-0.2, -0.15) is 5.10 Å². The van der Waals surface area contributed by atoms with Crippen LogP contribution in [0.3, 0.4) is 0 Å². The first kappa shape index (κ1) is 20.4. The fraction of sp³-hybridized carbons (Fsp3) is 0.600. The van der Waals surface area contributed by atoms with Crippen LogP contribution in [0.4, 0.5) is 0 Å². The second-order valence-corrected chi connectivity index (χ2v) is 7.48. The van der Waals surface area contributed by atoms with Gasteiger partial charge in [-0.05, 0) is 46.7 Å². The molecule has 28 heavy (non-hydrogen) atoms. The quantitative estimate of drug-likeness (QED) is 0.687. The molecule has 0 unspecified atom stereocenters. The van der Waals surface area contributed by atoms with Crippen LogP contribution in [0.25, 0.3) is 5.95 Å². The van der Waals surface area contributed by atoms with Gasteiger partial charge in [-0.3, -0.25) is 4.79 Å². The van der Waals surface area contributed by atoms with E-state index in [0.29, 0.717) is 18.9 Å². The van der Waals surface area contributed by atoms with Crippen LogP contribution in [0.5, 0.6) is 0 Å². The molecular weight excluding hydrogens is 354 g/mol. The number of hydrogen-bond acceptors (Lipinski definition) is 6. The van der Waals surface area contributed by atoms with E-state index in [1.54, 1.807) is 4.68 Å². The normalized spacial score (nSPS) is 15.0. The Balaban J connectivity index is 1.56. The predicted octanol–water partition coefficient (Wildman–Crippen LogP) is 0.850. The first-order valence-electron chi connectivity index (χ1n) is 10.0. The number of nitrogens with one attached hydrogen (secondary N) is 2. The standard InChI is InChI=1S/C20H31N7O/c1-14-12-15(2)24-20(23-14)27-17(4)18(16(3)25-27)13-19(28)22-6-5-9-26-10-7-21-8-11-26/h12,21H,5-11,13H2,1-4H3,(H,22,28). The molecule has 2 aromatic heterocycles. The Morgan fingerprint density at radius 2 is 1.82 bits per heavy atom. The highest BCUT2D eigenvalue weighted by Gasteiger charge is 2.17. The number of nitrogens with zero attached hydrogens (tertiary/aromatic N) is 5. The monoisotopic (exact) mass is 385 g/mol. The van der Waals surface area contributed by atoms with E-state index < -0.39 is 0 Å². The molecule has 0 radical (unpaired) electrons. The average molecular weight is 386 g/mol. The van der Waals surface area contributed by atoms with Gasteiger partial charge in [0.25, 0.3) is 5.95 Å². The number of rotatable bonds is 7. The van der Waals surface area contributed by atoms with Crippen molar-refractivity contribution in [1.82, 2.24) is 35.3 Å². The summed E-state index contributed by atoms with van der Waals surface area (Å²) in [5.74, 6) is 0.591. The lowest BCUT2D eigenvalue weighted by Crippen LogP contribution is -2.44. The van der Waals surface area contributed by atoms with Crippen LogP contribution in [0.15, 0.2) is 6.07 Å². The minimum atomic E-state index is 0.0346. The Bertz CT molecular complexity index is 804. The van der Waals surface area contributed by atoms with Crippen LogP contribution in [0, 0.1) is 27.7 Å². The maximum absolute atomic E-state index is 12.4. The van der Waals surface area contributed by atoms with Crippen LogP contribution >= 0.6 is 0 Å². The van der Waals surface area contributed by atoms with Gasteiger partial charge in [-0.15, -0.1) is 0 Å². The van der Waals surface area contributed by atoms with Crippen LogP contribution < -0.4 is 10.6 Å². The maximum Gasteiger partial charge on any atom is 0.251 e. The molecule has 1 fully saturated rings. The molecule has 3 rings (SSSR count). The van der Waals surface area contributed by atoms with E-state index in [9.17, 15) is 4.79 Å². The Morgan fingerprint density at radius 3 is 2.50 bits per heavy atom. The summed E-state index contributed by atoms with van der Waals surface area (Å²) in [6.07, 6.45) is 1.30. The minimum Gasteiger partial charge on any atom is -0.356 e. The Hall–Kier alpha value is -2.32. The van der Waals surface area contributed by atoms with Gasteiger partial charge < -0.3 is 15.5 Å². The highest BCUT2D eigenvalue weighted by atomic mass is 16.1. The summed E-state index contributed by atoms with van der Waals surface area (Å²) in [5.41, 5.74) is 4.51. The van der Waals surface area contributed by atoms with Crippen molar-refractivity contribution in [3.8, 4) is 5.95 Å². The second-order valence-electron chi connectivity index (χ2n) is 7.48. The van der Waals surface area contributed by atoms with E-state index in [0.717, 1.165) is 67.5 Å². The zero-order valence-electron chi connectivity index (χ0n) is 17.4. The smallest absolute Gasteiger partial charge is 0.251 e. The van der Waals surface area contributed by atoms with Gasteiger partial charge in [-0.25, -0.2) is 14.6 Å². The molecular formula is C20H31N7O. The maximum atomic E-state index is 12.4. The molecule has 0 spiro atoms. The molecule has 0 bridgehead atoms. The van der Waals surface area contributed by atoms with Crippen molar-refractivity contribution in [3.63, 3.8) is 0 Å². The Morgan fingerprint density at radius 1 is 1.14 bits per heavy atom. The molecule has 2 N–H and O–H groups in total. The van der Waals surface area contributed by atoms with Gasteiger partial charge in [0.1, 0.15) is 0 Å². The third kappa shape index (κ3) is 5.14. The summed E-state index contributed by atoms with van der Waals surface area (Å²) in [6, 6.07) is 1.93. The summed E-state index contributed by atoms with van der Waals surface area (Å²) >= 11 is 0. The van der Waals surface area contributed by atoms with Crippen molar-refractivity contribution >= 4 is 5.91 Å². The summed E-state index contributed by atoms with van der Waals surface area (Å²) in [6.45, 7) is 13.8. The zero-order valence-corrected chi connectivity index (χ0v) is 17.4. The Labute approximate surface area is 166 Å². The van der Waals surface area contributed by atoms with E-state index in [4.69, 9.17) is 0 Å². The highest BCUT2D eigenvalue weighted by molar-refractivity contribution is 5.79. The number of aromatic nitrogens is 4. The summed E-state index contributed by atoms with van der Waals surface area (Å²) in [5, 5.41) is 11.0. The third-order valence-electron chi connectivity index (χ3n) is 5.12. The van der Waals surface area contributed by atoms with Crippen molar-refractivity contribution in [2.75, 3.05) is 39.3 Å². The van der Waals surface area contributed by atoms with Gasteiger partial charge in [0.2, 0.25) is 5.91 Å². The fourth-order valence-electron chi connectivity index (χ4n) is 3.62. The average Bonchev–Trinajstić information content (AvgIpc) is 2.93. The number of carbonyl (C=O) groups excluding carboxylic acids is 1. The molecule has 0 aromatic carbocycles. The molecule has 8 heteroatoms. The molecule has 0 atom stereocenters. The summed E-state index contributed by atoms with van der Waals surface area (Å²) < 4.78 is 1.74. The molecule has 1 aliphatic heterocycles. The Kier molecular flexibility index (Phi) is 6.74. The fourth-order valence-corrected chi connectivity index (χ4v) is 3.62. The first-order valence-corrected chi connectivity index (χ1v) is 10.0. The van der Waals surface area contributed by atoms with Gasteiger partial charge >= 0.3 is 0 Å². The molecule has 1 aliphatic rings. The van der Waals surface area contributed by atoms with Crippen molar-refractivity contribution in [2.45, 2.75) is 40.5 Å². The van der Waals surface area contributed by atoms with Crippen molar-refractivity contribution in [2.24, 2.45) is 0 Å². The molecule has 2 aromatic rings. The van der Waals surface area contributed by atoms with E-state index >= 15 is 0 Å². The van der Waals surface area contributed by atoms with Crippen LogP contribution in [-0.2, 0) is 11.2 Å². The van der Waals surface area contributed by atoms with Gasteiger partial charge in [0.05, 0.1) is 12.1 Å². The second kappa shape index (κ2) is 9.25. The van der Waals surface area contributed by atoms with E-state index in [2.05, 4.69) is 30.6 Å². The van der Waals surface area contributed by atoms with Gasteiger partial charge in [-0.1, -0.05) is 0 Å². The molecule has 0 aliphatic carbocycles. The van der Waals surface area contributed by atoms with Gasteiger partial charge in [0.15, 0.2) is 0 Å². The van der Waals surface area contributed by atoms with Crippen molar-refractivity contribution < 1.29 is 4.79 Å². The molecule has 3 heterocycles. The molecule has 152 valence electrons. The largest absolute Gasteiger partial charge is 0.356 e. The topological polar surface area (TPSA) is 88.0 Å². The molecule has 1 amide bonds. The number of carbonyl (C=O) groups is 1. The van der Waals surface area contributed by atoms with Gasteiger partial charge in [0, 0.05) is 55.4 Å². The lowest BCUT2D eigenvalue weighted by molar-refractivity contribution is -0.120. The number of amides is 1. The first-order chi connectivity index (χ1) is 13.4. The third-order valence-corrected chi connectivity index (χ3v) is 5.12. The lowest BCUT2D eigenvalue weighted by Gasteiger charge is -2.27. The van der Waals surface area contributed by atoms with E-state index in [1.165, 1.54) is 0 Å². The number of aryl methyl sites for hydroxylation is 3. The van der Waals surface area contributed by atoms with Crippen molar-refractivity contribution in [1.29, 1.82) is 0 Å². The summed E-state index contributed by atoms with van der Waals surface area (Å²) in [7, 11) is 0. The predicted molar refractivity (Wildman–Crippen MR) is 109 cm³/mol. The summed E-state index contributed by atoms with van der Waals surface area (Å²) in [4.78, 5) is 23.8. The van der Waals surface area contributed by atoms with Crippen LogP contribution in [0.1, 0.15) is 34.8 Å². The van der Waals surface area contributed by atoms with E-state index in [1.807, 2.05) is 33.8 Å². The van der Waals surface area contributed by atoms with Crippen LogP contribution in [-0.4, -0.2) is 69.8 Å². The van der Waals surface area contributed by atoms with E-state index in [-0.39, 0.29) is 5.91 Å².